The number of nitrogen functional groups attached to an aromatic ring is 1. The van der Waals surface area contributed by atoms with Crippen molar-refractivity contribution in [2.24, 2.45) is 5.92 Å². The van der Waals surface area contributed by atoms with Gasteiger partial charge in [-0.3, -0.25) is 4.79 Å². The van der Waals surface area contributed by atoms with Gasteiger partial charge in [-0.1, -0.05) is 0 Å². The molecule has 5 heteroatoms. The topological polar surface area (TPSA) is 55.6 Å². The molecule has 1 aromatic rings. The van der Waals surface area contributed by atoms with Crippen molar-refractivity contribution in [3.63, 3.8) is 0 Å². The number of ether oxygens (including phenoxy) is 1. The number of anilines is 1. The number of amides is 1. The van der Waals surface area contributed by atoms with Crippen molar-refractivity contribution in [2.75, 3.05) is 25.5 Å². The van der Waals surface area contributed by atoms with Gasteiger partial charge in [0.05, 0.1) is 6.61 Å². The minimum Gasteiger partial charge on any atom is -0.398 e. The second-order valence-corrected chi connectivity index (χ2v) is 6.51. The number of carbonyl (C=O) groups excluding carboxylic acids is 1. The number of nitrogens with two attached hydrogens (primary N) is 1. The predicted molar refractivity (Wildman–Crippen MR) is 81.5 cm³/mol. The van der Waals surface area contributed by atoms with E-state index >= 15 is 0 Å². The molecular weight excluding hydrogens is 320 g/mol. The van der Waals surface area contributed by atoms with E-state index in [0.29, 0.717) is 23.2 Å². The van der Waals surface area contributed by atoms with Crippen molar-refractivity contribution in [3.8, 4) is 0 Å². The van der Waals surface area contributed by atoms with Crippen molar-refractivity contribution in [1.82, 2.24) is 4.90 Å². The molecule has 0 aromatic heterocycles. The van der Waals surface area contributed by atoms with Crippen molar-refractivity contribution in [2.45, 2.75) is 25.3 Å². The number of carbonyl (C=O) groups is 1. The van der Waals surface area contributed by atoms with Gasteiger partial charge in [0, 0.05) is 40.8 Å². The molecule has 1 heterocycles. The first-order chi connectivity index (χ1) is 9.65. The predicted octanol–water partition coefficient (Wildman–Crippen LogP) is 2.67. The van der Waals surface area contributed by atoms with E-state index in [1.807, 2.05) is 17.0 Å². The van der Waals surface area contributed by atoms with Crippen molar-refractivity contribution < 1.29 is 9.53 Å². The van der Waals surface area contributed by atoms with Gasteiger partial charge in [-0.05, 0) is 53.4 Å². The number of halogens is 1. The zero-order chi connectivity index (χ0) is 14.1. The smallest absolute Gasteiger partial charge is 0.254 e. The fourth-order valence-corrected chi connectivity index (χ4v) is 2.99. The molecule has 2 N–H and O–H groups in total. The lowest BCUT2D eigenvalue weighted by atomic mass is 10.1. The average Bonchev–Trinajstić information content (AvgIpc) is 3.15. The molecular formula is C15H19BrN2O2. The summed E-state index contributed by atoms with van der Waals surface area (Å²) in [4.78, 5) is 14.7. The SMILES string of the molecule is Nc1ccc(C(=O)N(CC2CCOC2)C2CC2)cc1Br. The number of hydrogen-bond acceptors (Lipinski definition) is 3. The molecule has 0 spiro atoms. The summed E-state index contributed by atoms with van der Waals surface area (Å²) in [5, 5.41) is 0. The molecule has 1 saturated heterocycles. The Hall–Kier alpha value is -1.07. The second kappa shape index (κ2) is 5.74. The first-order valence-electron chi connectivity index (χ1n) is 7.09. The van der Waals surface area contributed by atoms with Crippen LogP contribution >= 0.6 is 15.9 Å². The van der Waals surface area contributed by atoms with E-state index in [2.05, 4.69) is 15.9 Å². The zero-order valence-electron chi connectivity index (χ0n) is 11.3. The maximum absolute atomic E-state index is 12.7. The summed E-state index contributed by atoms with van der Waals surface area (Å²) in [6.07, 6.45) is 3.30. The molecule has 2 aliphatic rings. The molecule has 2 fully saturated rings. The molecule has 4 nitrogen and oxygen atoms in total. The van der Waals surface area contributed by atoms with Crippen LogP contribution in [-0.4, -0.2) is 36.6 Å². The molecule has 0 bridgehead atoms. The monoisotopic (exact) mass is 338 g/mol. The molecule has 108 valence electrons. The first-order valence-corrected chi connectivity index (χ1v) is 7.88. The maximum atomic E-state index is 12.7. The van der Waals surface area contributed by atoms with Crippen LogP contribution in [0.5, 0.6) is 0 Å². The Bertz CT molecular complexity index is 511. The Kier molecular flexibility index (Phi) is 3.98. The molecule has 1 aromatic carbocycles. The third kappa shape index (κ3) is 2.99. The highest BCUT2D eigenvalue weighted by Crippen LogP contribution is 2.31. The molecule has 1 saturated carbocycles. The first kappa shape index (κ1) is 13.9. The summed E-state index contributed by atoms with van der Waals surface area (Å²) in [5.74, 6) is 0.594. The van der Waals surface area contributed by atoms with Gasteiger partial charge in [0.25, 0.3) is 5.91 Å². The standard InChI is InChI=1S/C15H19BrN2O2/c16-13-7-11(1-4-14(13)17)15(19)18(12-2-3-12)8-10-5-6-20-9-10/h1,4,7,10,12H,2-3,5-6,8-9,17H2. The highest BCUT2D eigenvalue weighted by Gasteiger charge is 2.35. The van der Waals surface area contributed by atoms with Crippen molar-refractivity contribution in [1.29, 1.82) is 0 Å². The fourth-order valence-electron chi connectivity index (χ4n) is 2.62. The summed E-state index contributed by atoms with van der Waals surface area (Å²) in [7, 11) is 0. The summed E-state index contributed by atoms with van der Waals surface area (Å²) >= 11 is 3.39. The Labute approximate surface area is 127 Å². The van der Waals surface area contributed by atoms with Crippen LogP contribution in [0.1, 0.15) is 29.6 Å². The highest BCUT2D eigenvalue weighted by atomic mass is 79.9. The third-order valence-corrected chi connectivity index (χ3v) is 4.66. The Balaban J connectivity index is 1.75. The van der Waals surface area contributed by atoms with Crippen LogP contribution in [-0.2, 0) is 4.74 Å². The van der Waals surface area contributed by atoms with Gasteiger partial charge in [0.15, 0.2) is 0 Å². The van der Waals surface area contributed by atoms with Gasteiger partial charge in [-0.25, -0.2) is 0 Å². The summed E-state index contributed by atoms with van der Waals surface area (Å²) < 4.78 is 6.20. The van der Waals surface area contributed by atoms with E-state index in [9.17, 15) is 4.79 Å². The van der Waals surface area contributed by atoms with Gasteiger partial charge in [-0.2, -0.15) is 0 Å². The lowest BCUT2D eigenvalue weighted by molar-refractivity contribution is 0.0706. The van der Waals surface area contributed by atoms with Gasteiger partial charge < -0.3 is 15.4 Å². The number of nitrogens with zero attached hydrogens (tertiary/aromatic N) is 1. The lowest BCUT2D eigenvalue weighted by Crippen LogP contribution is -2.37. The Morgan fingerprint density at radius 2 is 2.20 bits per heavy atom. The van der Waals surface area contributed by atoms with Crippen LogP contribution < -0.4 is 5.73 Å². The van der Waals surface area contributed by atoms with E-state index in [0.717, 1.165) is 43.5 Å². The Morgan fingerprint density at radius 1 is 1.40 bits per heavy atom. The molecule has 1 atom stereocenters. The van der Waals surface area contributed by atoms with Gasteiger partial charge in [0.1, 0.15) is 0 Å². The van der Waals surface area contributed by atoms with E-state index in [4.69, 9.17) is 10.5 Å². The van der Waals surface area contributed by atoms with Gasteiger partial charge in [0.2, 0.25) is 0 Å². The molecule has 0 radical (unpaired) electrons. The van der Waals surface area contributed by atoms with Crippen LogP contribution in [0.4, 0.5) is 5.69 Å². The highest BCUT2D eigenvalue weighted by molar-refractivity contribution is 9.10. The molecule has 20 heavy (non-hydrogen) atoms. The minimum atomic E-state index is 0.111. The molecule has 1 unspecified atom stereocenters. The lowest BCUT2D eigenvalue weighted by Gasteiger charge is -2.25. The maximum Gasteiger partial charge on any atom is 0.254 e. The molecule has 1 aliphatic carbocycles. The number of rotatable bonds is 4. The van der Waals surface area contributed by atoms with Gasteiger partial charge in [-0.15, -0.1) is 0 Å². The zero-order valence-corrected chi connectivity index (χ0v) is 12.9. The van der Waals surface area contributed by atoms with Crippen LogP contribution in [0.2, 0.25) is 0 Å². The number of benzene rings is 1. The van der Waals surface area contributed by atoms with E-state index in [1.165, 1.54) is 0 Å². The Morgan fingerprint density at radius 3 is 2.80 bits per heavy atom. The second-order valence-electron chi connectivity index (χ2n) is 5.65. The average molecular weight is 339 g/mol. The molecule has 1 aliphatic heterocycles. The van der Waals surface area contributed by atoms with Crippen LogP contribution in [0.15, 0.2) is 22.7 Å². The van der Waals surface area contributed by atoms with Crippen molar-refractivity contribution in [3.05, 3.63) is 28.2 Å². The van der Waals surface area contributed by atoms with Crippen molar-refractivity contribution >= 4 is 27.5 Å². The third-order valence-electron chi connectivity index (χ3n) is 3.97. The number of hydrogen-bond donors (Lipinski definition) is 1. The van der Waals surface area contributed by atoms with Gasteiger partial charge >= 0.3 is 0 Å². The minimum absolute atomic E-state index is 0.111. The molecule has 1 amide bonds. The fraction of sp³-hybridized carbons (Fsp3) is 0.533. The summed E-state index contributed by atoms with van der Waals surface area (Å²) in [6.45, 7) is 2.41. The summed E-state index contributed by atoms with van der Waals surface area (Å²) in [6, 6.07) is 5.82. The van der Waals surface area contributed by atoms with Crippen LogP contribution in [0, 0.1) is 5.92 Å². The van der Waals surface area contributed by atoms with Crippen LogP contribution in [0.25, 0.3) is 0 Å². The largest absolute Gasteiger partial charge is 0.398 e. The summed E-state index contributed by atoms with van der Waals surface area (Å²) in [5.41, 5.74) is 7.14. The van der Waals surface area contributed by atoms with E-state index in [1.54, 1.807) is 6.07 Å². The molecule has 3 rings (SSSR count). The normalized spacial score (nSPS) is 21.9. The van der Waals surface area contributed by atoms with E-state index < -0.39 is 0 Å². The van der Waals surface area contributed by atoms with E-state index in [-0.39, 0.29) is 5.91 Å². The quantitative estimate of drug-likeness (QED) is 0.858. The van der Waals surface area contributed by atoms with Crippen LogP contribution in [0.3, 0.4) is 0 Å².